The lowest BCUT2D eigenvalue weighted by Gasteiger charge is -2.31. The predicted octanol–water partition coefficient (Wildman–Crippen LogP) is 3.68. The number of nitrogens with two attached hydrogens (primary N) is 1. The van der Waals surface area contributed by atoms with Gasteiger partial charge in [-0.25, -0.2) is 9.37 Å². The van der Waals surface area contributed by atoms with Crippen LogP contribution in [0.3, 0.4) is 0 Å². The molecule has 1 amide bonds. The van der Waals surface area contributed by atoms with Crippen LogP contribution in [0.5, 0.6) is 11.5 Å². The first-order valence-electron chi connectivity index (χ1n) is 12.1. The molecule has 41 heavy (non-hydrogen) atoms. The molecule has 9 nitrogen and oxygen atoms in total. The van der Waals surface area contributed by atoms with Crippen LogP contribution in [-0.2, 0) is 11.1 Å². The van der Waals surface area contributed by atoms with Gasteiger partial charge in [0.2, 0.25) is 5.60 Å². The van der Waals surface area contributed by atoms with Crippen molar-refractivity contribution in [3.8, 4) is 22.8 Å². The number of hydrogen-bond donors (Lipinski definition) is 5. The van der Waals surface area contributed by atoms with E-state index in [1.807, 2.05) is 0 Å². The summed E-state index contributed by atoms with van der Waals surface area (Å²) in [6.45, 7) is 0.220. The van der Waals surface area contributed by atoms with Crippen LogP contribution in [-0.4, -0.2) is 60.7 Å². The average Bonchev–Trinajstić information content (AvgIpc) is 3.23. The second kappa shape index (κ2) is 11.9. The summed E-state index contributed by atoms with van der Waals surface area (Å²) in [5.41, 5.74) is 1.74. The second-order valence-corrected chi connectivity index (χ2v) is 9.53. The standard InChI is InChI=1S/C27H28F4N4O5.CH4/c1-25(32)13-33-23-18(25)12-21(35-22(23)15-3-6-17(28)7-4-15)26(38,27(29,30)31)14-34-24(37)16-5-8-19(40-10-9-36)20(11-16)39-2;/h3-8,11-12,33,36,38H,9-10,13-14,32H2,1-2H3,(H,34,37);1H4. The Hall–Kier alpha value is -3.94. The number of halogens is 4. The van der Waals surface area contributed by atoms with Gasteiger partial charge in [0.25, 0.3) is 5.91 Å². The Bertz CT molecular complexity index is 1400. The van der Waals surface area contributed by atoms with Gasteiger partial charge in [0.1, 0.15) is 12.4 Å². The minimum Gasteiger partial charge on any atom is -0.493 e. The van der Waals surface area contributed by atoms with Gasteiger partial charge in [-0.15, -0.1) is 0 Å². The van der Waals surface area contributed by atoms with Crippen molar-refractivity contribution in [2.24, 2.45) is 5.73 Å². The molecule has 0 aliphatic carbocycles. The quantitative estimate of drug-likeness (QED) is 0.242. The number of nitrogens with one attached hydrogen (secondary N) is 2. The normalized spacial score (nSPS) is 17.5. The maximum absolute atomic E-state index is 14.5. The van der Waals surface area contributed by atoms with Gasteiger partial charge >= 0.3 is 6.18 Å². The predicted molar refractivity (Wildman–Crippen MR) is 144 cm³/mol. The fraction of sp³-hybridized carbons (Fsp3) is 0.357. The zero-order valence-electron chi connectivity index (χ0n) is 21.6. The molecule has 1 aromatic heterocycles. The van der Waals surface area contributed by atoms with Crippen LogP contribution < -0.4 is 25.8 Å². The third-order valence-corrected chi connectivity index (χ3v) is 6.56. The van der Waals surface area contributed by atoms with Crippen LogP contribution in [0, 0.1) is 5.82 Å². The number of alkyl halides is 3. The average molecular weight is 581 g/mol. The molecule has 2 aromatic carbocycles. The monoisotopic (exact) mass is 580 g/mol. The maximum atomic E-state index is 14.5. The first kappa shape index (κ1) is 31.6. The number of pyridine rings is 1. The highest BCUT2D eigenvalue weighted by molar-refractivity contribution is 5.95. The van der Waals surface area contributed by atoms with Gasteiger partial charge in [-0.3, -0.25) is 4.79 Å². The van der Waals surface area contributed by atoms with E-state index in [1.54, 1.807) is 6.92 Å². The third kappa shape index (κ3) is 6.21. The Morgan fingerprint density at radius 1 is 1.17 bits per heavy atom. The summed E-state index contributed by atoms with van der Waals surface area (Å²) in [4.78, 5) is 17.0. The van der Waals surface area contributed by atoms with Gasteiger partial charge in [-0.2, -0.15) is 13.2 Å². The van der Waals surface area contributed by atoms with Crippen molar-refractivity contribution in [3.05, 3.63) is 71.2 Å². The lowest BCUT2D eigenvalue weighted by Crippen LogP contribution is -2.51. The van der Waals surface area contributed by atoms with E-state index in [-0.39, 0.29) is 55.5 Å². The number of fused-ring (bicyclic) bond motifs is 1. The molecule has 0 bridgehead atoms. The molecule has 4 rings (SSSR count). The van der Waals surface area contributed by atoms with Crippen LogP contribution in [0.1, 0.15) is 36.0 Å². The van der Waals surface area contributed by atoms with E-state index in [0.717, 1.165) is 18.2 Å². The van der Waals surface area contributed by atoms with Gasteiger partial charge in [0.15, 0.2) is 11.5 Å². The summed E-state index contributed by atoms with van der Waals surface area (Å²) in [7, 11) is 1.31. The van der Waals surface area contributed by atoms with Crippen molar-refractivity contribution in [3.63, 3.8) is 0 Å². The zero-order chi connectivity index (χ0) is 29.3. The summed E-state index contributed by atoms with van der Waals surface area (Å²) in [5, 5.41) is 25.2. The van der Waals surface area contributed by atoms with E-state index >= 15 is 0 Å². The summed E-state index contributed by atoms with van der Waals surface area (Å²) < 4.78 is 67.4. The summed E-state index contributed by atoms with van der Waals surface area (Å²) >= 11 is 0. The number of carbonyl (C=O) groups is 1. The molecule has 0 fully saturated rings. The minimum absolute atomic E-state index is 0. The fourth-order valence-electron chi connectivity index (χ4n) is 4.30. The molecule has 6 N–H and O–H groups in total. The summed E-state index contributed by atoms with van der Waals surface area (Å²) in [6.07, 6.45) is -5.27. The molecular formula is C28H32F4N4O5. The fourth-order valence-corrected chi connectivity index (χ4v) is 4.30. The molecule has 2 atom stereocenters. The number of anilines is 1. The number of aromatic nitrogens is 1. The first-order chi connectivity index (χ1) is 18.8. The van der Waals surface area contributed by atoms with Crippen LogP contribution in [0.2, 0.25) is 0 Å². The van der Waals surface area contributed by atoms with Gasteiger partial charge in [-0.05, 0) is 55.5 Å². The lowest BCUT2D eigenvalue weighted by molar-refractivity contribution is -0.265. The highest BCUT2D eigenvalue weighted by Crippen LogP contribution is 2.45. The molecule has 2 heterocycles. The molecule has 3 aromatic rings. The van der Waals surface area contributed by atoms with E-state index in [2.05, 4.69) is 15.6 Å². The molecule has 0 radical (unpaired) electrons. The highest BCUT2D eigenvalue weighted by Gasteiger charge is 2.57. The van der Waals surface area contributed by atoms with Crippen molar-refractivity contribution < 1.29 is 42.0 Å². The number of amides is 1. The Labute approximate surface area is 234 Å². The third-order valence-electron chi connectivity index (χ3n) is 6.56. The molecule has 13 heteroatoms. The Morgan fingerprint density at radius 2 is 1.85 bits per heavy atom. The van der Waals surface area contributed by atoms with Gasteiger partial charge in [0.05, 0.1) is 42.9 Å². The van der Waals surface area contributed by atoms with Crippen molar-refractivity contribution >= 4 is 11.6 Å². The van der Waals surface area contributed by atoms with Crippen molar-refractivity contribution in [2.75, 3.05) is 38.7 Å². The number of aliphatic hydroxyl groups excluding tert-OH is 1. The van der Waals surface area contributed by atoms with Crippen molar-refractivity contribution in [2.45, 2.75) is 31.7 Å². The molecule has 222 valence electrons. The SMILES string of the molecule is C.COc1cc(C(=O)NCC(O)(c2cc3c(c(-c4ccc(F)cc4)n2)NCC3(C)N)C(F)(F)F)ccc1OCCO. The van der Waals surface area contributed by atoms with E-state index in [4.69, 9.17) is 20.3 Å². The molecule has 0 saturated carbocycles. The van der Waals surface area contributed by atoms with Crippen molar-refractivity contribution in [1.29, 1.82) is 0 Å². The Morgan fingerprint density at radius 3 is 2.46 bits per heavy atom. The van der Waals surface area contributed by atoms with Gasteiger partial charge < -0.3 is 36.1 Å². The Kier molecular flexibility index (Phi) is 9.16. The van der Waals surface area contributed by atoms with E-state index < -0.39 is 41.3 Å². The number of ether oxygens (including phenoxy) is 2. The summed E-state index contributed by atoms with van der Waals surface area (Å²) in [5.74, 6) is -1.15. The zero-order valence-corrected chi connectivity index (χ0v) is 21.6. The van der Waals surface area contributed by atoms with E-state index in [9.17, 15) is 27.5 Å². The van der Waals surface area contributed by atoms with Crippen LogP contribution in [0.25, 0.3) is 11.3 Å². The lowest BCUT2D eigenvalue weighted by atomic mass is 9.89. The first-order valence-corrected chi connectivity index (χ1v) is 12.1. The van der Waals surface area contributed by atoms with Crippen LogP contribution in [0.15, 0.2) is 48.5 Å². The Balaban J connectivity index is 0.00000462. The van der Waals surface area contributed by atoms with Crippen molar-refractivity contribution in [1.82, 2.24) is 10.3 Å². The maximum Gasteiger partial charge on any atom is 0.424 e. The summed E-state index contributed by atoms with van der Waals surface area (Å²) in [6, 6.07) is 9.96. The largest absolute Gasteiger partial charge is 0.493 e. The molecule has 0 spiro atoms. The number of carbonyl (C=O) groups excluding carboxylic acids is 1. The van der Waals surface area contributed by atoms with Crippen LogP contribution in [0.4, 0.5) is 23.2 Å². The number of nitrogens with zero attached hydrogens (tertiary/aromatic N) is 1. The number of rotatable bonds is 9. The number of benzene rings is 2. The van der Waals surface area contributed by atoms with Crippen LogP contribution >= 0.6 is 0 Å². The topological polar surface area (TPSA) is 139 Å². The molecule has 1 aliphatic rings. The molecular weight excluding hydrogens is 548 g/mol. The highest BCUT2D eigenvalue weighted by atomic mass is 19.4. The molecule has 1 aliphatic heterocycles. The van der Waals surface area contributed by atoms with Gasteiger partial charge in [-0.1, -0.05) is 7.43 Å². The van der Waals surface area contributed by atoms with E-state index in [0.29, 0.717) is 11.3 Å². The smallest absolute Gasteiger partial charge is 0.424 e. The number of methoxy groups -OCH3 is 1. The number of hydrogen-bond acceptors (Lipinski definition) is 8. The molecule has 2 unspecified atom stereocenters. The van der Waals surface area contributed by atoms with E-state index in [1.165, 1.54) is 37.4 Å². The second-order valence-electron chi connectivity index (χ2n) is 9.53. The number of aliphatic hydroxyl groups is 2. The minimum atomic E-state index is -5.27. The molecule has 0 saturated heterocycles. The van der Waals surface area contributed by atoms with Gasteiger partial charge in [0, 0.05) is 23.2 Å².